The maximum absolute atomic E-state index is 13.2. The minimum Gasteiger partial charge on any atom is -0.481 e. The van der Waals surface area contributed by atoms with Gasteiger partial charge in [-0.05, 0) is 23.8 Å². The first-order valence-electron chi connectivity index (χ1n) is 4.40. The summed E-state index contributed by atoms with van der Waals surface area (Å²) in [4.78, 5) is 10.6. The zero-order chi connectivity index (χ0) is 12.1. The Kier molecular flexibility index (Phi) is 2.59. The third-order valence-electron chi connectivity index (χ3n) is 2.56. The Labute approximate surface area is 99.8 Å². The zero-order valence-corrected chi connectivity index (χ0v) is 9.27. The number of hydrogen-bond donors (Lipinski definition) is 1. The summed E-state index contributed by atoms with van der Waals surface area (Å²) in [5.41, 5.74) is 0.162. The van der Waals surface area contributed by atoms with Crippen LogP contribution in [0.2, 0.25) is 10.0 Å². The fourth-order valence-corrected chi connectivity index (χ4v) is 2.35. The Morgan fingerprint density at radius 2 is 1.75 bits per heavy atom. The molecule has 0 unspecified atom stereocenters. The van der Waals surface area contributed by atoms with Gasteiger partial charge in [-0.1, -0.05) is 23.2 Å². The van der Waals surface area contributed by atoms with Gasteiger partial charge < -0.3 is 5.11 Å². The summed E-state index contributed by atoms with van der Waals surface area (Å²) in [6.45, 7) is 0. The first-order chi connectivity index (χ1) is 7.34. The van der Waals surface area contributed by atoms with E-state index in [1.54, 1.807) is 0 Å². The van der Waals surface area contributed by atoms with E-state index < -0.39 is 23.7 Å². The van der Waals surface area contributed by atoms with E-state index in [4.69, 9.17) is 28.3 Å². The van der Waals surface area contributed by atoms with E-state index in [0.29, 0.717) is 0 Å². The molecular formula is C10H6Cl2F2O2. The summed E-state index contributed by atoms with van der Waals surface area (Å²) in [5.74, 6) is -7.74. The van der Waals surface area contributed by atoms with Crippen molar-refractivity contribution in [3.8, 4) is 0 Å². The number of halogens is 4. The predicted molar refractivity (Wildman–Crippen MR) is 55.3 cm³/mol. The van der Waals surface area contributed by atoms with Crippen LogP contribution in [0, 0.1) is 5.92 Å². The molecule has 6 heteroatoms. The predicted octanol–water partition coefficient (Wildman–Crippen LogP) is 3.43. The molecule has 0 spiro atoms. The Morgan fingerprint density at radius 1 is 1.25 bits per heavy atom. The van der Waals surface area contributed by atoms with E-state index >= 15 is 0 Å². The van der Waals surface area contributed by atoms with Gasteiger partial charge in [-0.3, -0.25) is 4.79 Å². The molecular weight excluding hydrogens is 261 g/mol. The Morgan fingerprint density at radius 3 is 2.12 bits per heavy atom. The van der Waals surface area contributed by atoms with Gasteiger partial charge >= 0.3 is 5.97 Å². The molecule has 2 rings (SSSR count). The van der Waals surface area contributed by atoms with E-state index in [1.807, 2.05) is 0 Å². The van der Waals surface area contributed by atoms with E-state index in [1.165, 1.54) is 18.2 Å². The number of benzene rings is 1. The van der Waals surface area contributed by atoms with Crippen molar-refractivity contribution >= 4 is 29.2 Å². The van der Waals surface area contributed by atoms with Crippen LogP contribution in [0.4, 0.5) is 8.78 Å². The lowest BCUT2D eigenvalue weighted by Gasteiger charge is -2.00. The zero-order valence-electron chi connectivity index (χ0n) is 7.75. The molecule has 0 radical (unpaired) electrons. The second kappa shape index (κ2) is 3.57. The third kappa shape index (κ3) is 1.76. The fraction of sp³-hybridized carbons (Fsp3) is 0.300. The van der Waals surface area contributed by atoms with Gasteiger partial charge in [0, 0.05) is 10.0 Å². The lowest BCUT2D eigenvalue weighted by Crippen LogP contribution is -2.04. The average molecular weight is 267 g/mol. The number of carboxylic acid groups (broad SMARTS) is 1. The molecule has 1 fully saturated rings. The van der Waals surface area contributed by atoms with E-state index in [0.717, 1.165) is 0 Å². The highest BCUT2D eigenvalue weighted by Crippen LogP contribution is 2.61. The van der Waals surface area contributed by atoms with Gasteiger partial charge in [-0.25, -0.2) is 8.78 Å². The summed E-state index contributed by atoms with van der Waals surface area (Å²) < 4.78 is 26.4. The molecule has 16 heavy (non-hydrogen) atoms. The Bertz CT molecular complexity index is 442. The van der Waals surface area contributed by atoms with Crippen LogP contribution in [0.15, 0.2) is 18.2 Å². The van der Waals surface area contributed by atoms with Gasteiger partial charge in [-0.2, -0.15) is 0 Å². The molecule has 0 heterocycles. The van der Waals surface area contributed by atoms with Crippen LogP contribution in [0.25, 0.3) is 0 Å². The van der Waals surface area contributed by atoms with Crippen LogP contribution < -0.4 is 0 Å². The standard InChI is InChI=1S/C10H6Cl2F2O2/c11-5-1-4(2-6(12)3-5)7-8(9(15)16)10(7,13)14/h1-3,7-8H,(H,15,16)/t7-,8+/m0/s1. The van der Waals surface area contributed by atoms with Gasteiger partial charge in [0.05, 0.1) is 5.92 Å². The lowest BCUT2D eigenvalue weighted by molar-refractivity contribution is -0.140. The maximum Gasteiger partial charge on any atom is 0.313 e. The van der Waals surface area contributed by atoms with Crippen molar-refractivity contribution in [3.63, 3.8) is 0 Å². The van der Waals surface area contributed by atoms with Crippen molar-refractivity contribution in [3.05, 3.63) is 33.8 Å². The van der Waals surface area contributed by atoms with Crippen molar-refractivity contribution in [1.29, 1.82) is 0 Å². The van der Waals surface area contributed by atoms with E-state index in [9.17, 15) is 13.6 Å². The van der Waals surface area contributed by atoms with Crippen LogP contribution in [-0.2, 0) is 4.79 Å². The normalized spacial score (nSPS) is 26.5. The van der Waals surface area contributed by atoms with Gasteiger partial charge in [0.2, 0.25) is 0 Å². The van der Waals surface area contributed by atoms with E-state index in [-0.39, 0.29) is 15.6 Å². The molecule has 1 aromatic rings. The molecule has 0 bridgehead atoms. The van der Waals surface area contributed by atoms with Crippen molar-refractivity contribution < 1.29 is 18.7 Å². The minimum absolute atomic E-state index is 0.162. The first-order valence-corrected chi connectivity index (χ1v) is 5.16. The Hall–Kier alpha value is -0.870. The highest BCUT2D eigenvalue weighted by molar-refractivity contribution is 6.34. The van der Waals surface area contributed by atoms with Crippen LogP contribution in [0.1, 0.15) is 11.5 Å². The van der Waals surface area contributed by atoms with Crippen LogP contribution in [-0.4, -0.2) is 17.0 Å². The number of aliphatic carboxylic acids is 1. The molecule has 1 aliphatic rings. The molecule has 2 atom stereocenters. The number of carboxylic acids is 1. The summed E-state index contributed by atoms with van der Waals surface area (Å²) in [5, 5.41) is 9.05. The smallest absolute Gasteiger partial charge is 0.313 e. The van der Waals surface area contributed by atoms with Crippen LogP contribution >= 0.6 is 23.2 Å². The number of rotatable bonds is 2. The van der Waals surface area contributed by atoms with Crippen LogP contribution in [0.5, 0.6) is 0 Å². The summed E-state index contributed by atoms with van der Waals surface area (Å²) in [6.07, 6.45) is 0. The molecule has 1 aliphatic carbocycles. The quantitative estimate of drug-likeness (QED) is 0.891. The lowest BCUT2D eigenvalue weighted by atomic mass is 10.1. The van der Waals surface area contributed by atoms with Crippen molar-refractivity contribution in [1.82, 2.24) is 0 Å². The SMILES string of the molecule is O=C(O)[C@H]1[C@H](c2cc(Cl)cc(Cl)c2)C1(F)F. The maximum atomic E-state index is 13.2. The monoisotopic (exact) mass is 266 g/mol. The van der Waals surface area contributed by atoms with Crippen molar-refractivity contribution in [2.24, 2.45) is 5.92 Å². The molecule has 1 aromatic carbocycles. The number of alkyl halides is 2. The van der Waals surface area contributed by atoms with Crippen molar-refractivity contribution in [2.75, 3.05) is 0 Å². The summed E-state index contributed by atoms with van der Waals surface area (Å²) >= 11 is 11.3. The summed E-state index contributed by atoms with van der Waals surface area (Å²) in [6, 6.07) is 4.03. The molecule has 0 saturated heterocycles. The Balaban J connectivity index is 2.37. The molecule has 0 aliphatic heterocycles. The molecule has 2 nitrogen and oxygen atoms in total. The topological polar surface area (TPSA) is 37.3 Å². The van der Waals surface area contributed by atoms with Gasteiger partial charge in [0.1, 0.15) is 5.92 Å². The highest BCUT2D eigenvalue weighted by atomic mass is 35.5. The number of carbonyl (C=O) groups is 1. The summed E-state index contributed by atoms with van der Waals surface area (Å²) in [7, 11) is 0. The van der Waals surface area contributed by atoms with E-state index in [2.05, 4.69) is 0 Å². The van der Waals surface area contributed by atoms with Gasteiger partial charge in [-0.15, -0.1) is 0 Å². The van der Waals surface area contributed by atoms with Gasteiger partial charge in [0.15, 0.2) is 0 Å². The molecule has 0 amide bonds. The molecule has 0 aromatic heterocycles. The molecule has 86 valence electrons. The first kappa shape index (κ1) is 11.6. The number of hydrogen-bond acceptors (Lipinski definition) is 1. The molecule has 1 N–H and O–H groups in total. The highest BCUT2D eigenvalue weighted by Gasteiger charge is 2.72. The van der Waals surface area contributed by atoms with Crippen molar-refractivity contribution in [2.45, 2.75) is 11.8 Å². The average Bonchev–Trinajstić information content (AvgIpc) is 2.67. The second-order valence-electron chi connectivity index (χ2n) is 3.67. The van der Waals surface area contributed by atoms with Gasteiger partial charge in [0.25, 0.3) is 5.92 Å². The minimum atomic E-state index is -3.22. The largest absolute Gasteiger partial charge is 0.481 e. The fourth-order valence-electron chi connectivity index (χ4n) is 1.80. The second-order valence-corrected chi connectivity index (χ2v) is 4.54. The van der Waals surface area contributed by atoms with Crippen LogP contribution in [0.3, 0.4) is 0 Å². The third-order valence-corrected chi connectivity index (χ3v) is 3.00. The molecule has 1 saturated carbocycles.